The molecule has 1 aromatic carbocycles. The average Bonchev–Trinajstić information content (AvgIpc) is 3.23. The summed E-state index contributed by atoms with van der Waals surface area (Å²) in [6.45, 7) is 0.685. The van der Waals surface area contributed by atoms with E-state index in [0.29, 0.717) is 23.8 Å². The lowest BCUT2D eigenvalue weighted by Crippen LogP contribution is -2.34. The molecule has 2 aromatic heterocycles. The van der Waals surface area contributed by atoms with Gasteiger partial charge in [-0.05, 0) is 24.3 Å². The Balaban J connectivity index is 1.50. The van der Waals surface area contributed by atoms with E-state index in [9.17, 15) is 4.79 Å². The van der Waals surface area contributed by atoms with E-state index in [1.54, 1.807) is 29.1 Å². The molecule has 0 radical (unpaired) electrons. The molecule has 2 heterocycles. The SMILES string of the molecule is O=C(NCc1cnn(-c2ccc(Cl)cc2)c1)NCc1ccon1. The minimum Gasteiger partial charge on any atom is -0.364 e. The van der Waals surface area contributed by atoms with Crippen LogP contribution in [0.2, 0.25) is 5.02 Å². The van der Waals surface area contributed by atoms with Crippen LogP contribution in [-0.2, 0) is 13.1 Å². The van der Waals surface area contributed by atoms with Crippen LogP contribution in [0.3, 0.4) is 0 Å². The predicted molar refractivity (Wildman–Crippen MR) is 84.2 cm³/mol. The van der Waals surface area contributed by atoms with Crippen molar-refractivity contribution in [1.82, 2.24) is 25.6 Å². The molecule has 0 bridgehead atoms. The quantitative estimate of drug-likeness (QED) is 0.752. The first-order chi connectivity index (χ1) is 11.2. The van der Waals surface area contributed by atoms with Gasteiger partial charge in [-0.1, -0.05) is 16.8 Å². The highest BCUT2D eigenvalue weighted by Gasteiger charge is 2.05. The van der Waals surface area contributed by atoms with Crippen molar-refractivity contribution in [3.05, 3.63) is 65.3 Å². The van der Waals surface area contributed by atoms with Crippen LogP contribution in [-0.4, -0.2) is 21.0 Å². The minimum absolute atomic E-state index is 0.285. The molecule has 118 valence electrons. The van der Waals surface area contributed by atoms with E-state index in [1.807, 2.05) is 18.3 Å². The van der Waals surface area contributed by atoms with Crippen LogP contribution < -0.4 is 10.6 Å². The van der Waals surface area contributed by atoms with Crippen molar-refractivity contribution in [3.8, 4) is 5.69 Å². The molecule has 7 nitrogen and oxygen atoms in total. The zero-order valence-corrected chi connectivity index (χ0v) is 12.8. The van der Waals surface area contributed by atoms with Crippen LogP contribution in [0.15, 0.2) is 53.5 Å². The number of nitrogens with one attached hydrogen (secondary N) is 2. The molecule has 0 aliphatic heterocycles. The lowest BCUT2D eigenvalue weighted by molar-refractivity contribution is 0.240. The first kappa shape index (κ1) is 15.1. The Morgan fingerprint density at radius 2 is 1.96 bits per heavy atom. The summed E-state index contributed by atoms with van der Waals surface area (Å²) in [5.41, 5.74) is 2.45. The van der Waals surface area contributed by atoms with Gasteiger partial charge in [-0.3, -0.25) is 0 Å². The van der Waals surface area contributed by atoms with E-state index < -0.39 is 0 Å². The van der Waals surface area contributed by atoms with E-state index in [4.69, 9.17) is 11.6 Å². The Morgan fingerprint density at radius 1 is 1.17 bits per heavy atom. The molecule has 3 rings (SSSR count). The Bertz CT molecular complexity index is 768. The van der Waals surface area contributed by atoms with Crippen molar-refractivity contribution in [3.63, 3.8) is 0 Å². The van der Waals surface area contributed by atoms with Gasteiger partial charge < -0.3 is 15.2 Å². The van der Waals surface area contributed by atoms with E-state index in [2.05, 4.69) is 25.4 Å². The number of hydrogen-bond acceptors (Lipinski definition) is 4. The monoisotopic (exact) mass is 331 g/mol. The van der Waals surface area contributed by atoms with E-state index in [1.165, 1.54) is 6.26 Å². The van der Waals surface area contributed by atoms with Gasteiger partial charge >= 0.3 is 6.03 Å². The molecule has 0 fully saturated rings. The third-order valence-corrected chi connectivity index (χ3v) is 3.35. The topological polar surface area (TPSA) is 85.0 Å². The predicted octanol–water partition coefficient (Wildman–Crippen LogP) is 2.51. The lowest BCUT2D eigenvalue weighted by Gasteiger charge is -2.04. The van der Waals surface area contributed by atoms with E-state index in [0.717, 1.165) is 11.3 Å². The van der Waals surface area contributed by atoms with E-state index >= 15 is 0 Å². The molecular weight excluding hydrogens is 318 g/mol. The summed E-state index contributed by atoms with van der Waals surface area (Å²) in [5.74, 6) is 0. The smallest absolute Gasteiger partial charge is 0.315 e. The fraction of sp³-hybridized carbons (Fsp3) is 0.133. The first-order valence-corrected chi connectivity index (χ1v) is 7.29. The molecule has 0 spiro atoms. The van der Waals surface area contributed by atoms with Crippen LogP contribution in [0.5, 0.6) is 0 Å². The van der Waals surface area contributed by atoms with Gasteiger partial charge in [0.2, 0.25) is 0 Å². The van der Waals surface area contributed by atoms with Crippen molar-refractivity contribution >= 4 is 17.6 Å². The van der Waals surface area contributed by atoms with Crippen LogP contribution >= 0.6 is 11.6 Å². The van der Waals surface area contributed by atoms with Gasteiger partial charge in [-0.15, -0.1) is 0 Å². The second kappa shape index (κ2) is 6.97. The third kappa shape index (κ3) is 4.10. The number of rotatable bonds is 5. The van der Waals surface area contributed by atoms with Crippen molar-refractivity contribution in [2.24, 2.45) is 0 Å². The molecule has 23 heavy (non-hydrogen) atoms. The highest BCUT2D eigenvalue weighted by atomic mass is 35.5. The first-order valence-electron chi connectivity index (χ1n) is 6.91. The average molecular weight is 332 g/mol. The third-order valence-electron chi connectivity index (χ3n) is 3.10. The largest absolute Gasteiger partial charge is 0.364 e. The zero-order chi connectivity index (χ0) is 16.1. The Morgan fingerprint density at radius 3 is 2.70 bits per heavy atom. The van der Waals surface area contributed by atoms with Gasteiger partial charge in [-0.2, -0.15) is 5.10 Å². The number of benzene rings is 1. The zero-order valence-electron chi connectivity index (χ0n) is 12.1. The molecule has 0 atom stereocenters. The summed E-state index contributed by atoms with van der Waals surface area (Å²) in [5, 5.41) is 14.1. The number of amides is 2. The van der Waals surface area contributed by atoms with Crippen LogP contribution in [0.25, 0.3) is 5.69 Å². The summed E-state index contributed by atoms with van der Waals surface area (Å²) in [6.07, 6.45) is 5.01. The minimum atomic E-state index is -0.285. The van der Waals surface area contributed by atoms with Gasteiger partial charge in [0.1, 0.15) is 12.0 Å². The number of hydrogen-bond donors (Lipinski definition) is 2. The fourth-order valence-electron chi connectivity index (χ4n) is 1.93. The fourth-order valence-corrected chi connectivity index (χ4v) is 2.06. The maximum absolute atomic E-state index is 11.7. The van der Waals surface area contributed by atoms with Gasteiger partial charge in [0.05, 0.1) is 18.4 Å². The maximum Gasteiger partial charge on any atom is 0.315 e. The molecule has 0 saturated heterocycles. The molecule has 0 saturated carbocycles. The van der Waals surface area contributed by atoms with Gasteiger partial charge in [0, 0.05) is 29.4 Å². The molecular formula is C15H14ClN5O2. The van der Waals surface area contributed by atoms with Crippen LogP contribution in [0, 0.1) is 0 Å². The van der Waals surface area contributed by atoms with E-state index in [-0.39, 0.29) is 6.03 Å². The normalized spacial score (nSPS) is 10.5. The number of nitrogens with zero attached hydrogens (tertiary/aromatic N) is 3. The number of urea groups is 1. The molecule has 3 aromatic rings. The lowest BCUT2D eigenvalue weighted by atomic mass is 10.3. The van der Waals surface area contributed by atoms with Gasteiger partial charge in [0.15, 0.2) is 0 Å². The van der Waals surface area contributed by atoms with Crippen molar-refractivity contribution in [2.75, 3.05) is 0 Å². The highest BCUT2D eigenvalue weighted by Crippen LogP contribution is 2.13. The standard InChI is InChI=1S/C15H14ClN5O2/c16-12-1-3-14(4-2-12)21-10-11(8-19-21)7-17-15(22)18-9-13-5-6-23-20-13/h1-6,8,10H,7,9H2,(H2,17,18,22). The van der Waals surface area contributed by atoms with Crippen LogP contribution in [0.4, 0.5) is 4.79 Å². The Kier molecular flexibility index (Phi) is 4.58. The molecule has 0 aliphatic rings. The van der Waals surface area contributed by atoms with Crippen molar-refractivity contribution in [1.29, 1.82) is 0 Å². The Labute approximate surface area is 137 Å². The number of halogens is 1. The molecule has 2 N–H and O–H groups in total. The van der Waals surface area contributed by atoms with Gasteiger partial charge in [-0.25, -0.2) is 9.48 Å². The maximum atomic E-state index is 11.7. The summed E-state index contributed by atoms with van der Waals surface area (Å²) < 4.78 is 6.41. The number of carbonyl (C=O) groups is 1. The second-order valence-corrected chi connectivity index (χ2v) is 5.23. The Hall–Kier alpha value is -2.80. The molecule has 0 aliphatic carbocycles. The highest BCUT2D eigenvalue weighted by molar-refractivity contribution is 6.30. The second-order valence-electron chi connectivity index (χ2n) is 4.80. The summed E-state index contributed by atoms with van der Waals surface area (Å²) in [7, 11) is 0. The summed E-state index contributed by atoms with van der Waals surface area (Å²) >= 11 is 5.86. The van der Waals surface area contributed by atoms with Crippen molar-refractivity contribution < 1.29 is 9.32 Å². The molecule has 2 amide bonds. The number of carbonyl (C=O) groups excluding carboxylic acids is 1. The number of aromatic nitrogens is 3. The summed E-state index contributed by atoms with van der Waals surface area (Å²) in [4.78, 5) is 11.7. The van der Waals surface area contributed by atoms with Crippen molar-refractivity contribution in [2.45, 2.75) is 13.1 Å². The summed E-state index contributed by atoms with van der Waals surface area (Å²) in [6, 6.07) is 8.75. The molecule has 0 unspecified atom stereocenters. The molecule has 8 heteroatoms. The van der Waals surface area contributed by atoms with Gasteiger partial charge in [0.25, 0.3) is 0 Å². The van der Waals surface area contributed by atoms with Crippen LogP contribution in [0.1, 0.15) is 11.3 Å².